The number of hydrogen-bond acceptors (Lipinski definition) is 6. The van der Waals surface area contributed by atoms with E-state index in [1.807, 2.05) is 0 Å². The standard InChI is InChI=1S/C56H108O6/c1-5-8-10-12-14-15-16-17-18-19-20-21-22-26-29-32-36-39-43-47-54(57)60-50-53(62-56(59)49-45-41-34-13-11-9-6-2)51-61-55(58)48-44-40-37-33-30-27-24-23-25-28-31-35-38-42-46-52(4)7-3/h52-53H,5-51H2,1-4H3/t52?,53-/m1/s1. The van der Waals surface area contributed by atoms with Crippen molar-refractivity contribution >= 4 is 17.9 Å². The minimum Gasteiger partial charge on any atom is -0.462 e. The predicted molar refractivity (Wildman–Crippen MR) is 266 cm³/mol. The molecule has 0 aromatic carbocycles. The van der Waals surface area contributed by atoms with Crippen LogP contribution in [-0.2, 0) is 28.6 Å². The topological polar surface area (TPSA) is 78.9 Å². The molecular weight excluding hydrogens is 769 g/mol. The van der Waals surface area contributed by atoms with E-state index in [4.69, 9.17) is 14.2 Å². The van der Waals surface area contributed by atoms with E-state index in [0.717, 1.165) is 63.7 Å². The van der Waals surface area contributed by atoms with E-state index in [2.05, 4.69) is 27.7 Å². The van der Waals surface area contributed by atoms with Gasteiger partial charge in [0.25, 0.3) is 0 Å². The Morgan fingerprint density at radius 3 is 0.839 bits per heavy atom. The van der Waals surface area contributed by atoms with Gasteiger partial charge in [-0.3, -0.25) is 14.4 Å². The van der Waals surface area contributed by atoms with Crippen LogP contribution in [0, 0.1) is 5.92 Å². The second-order valence-corrected chi connectivity index (χ2v) is 19.5. The maximum atomic E-state index is 12.7. The summed E-state index contributed by atoms with van der Waals surface area (Å²) in [5, 5.41) is 0. The van der Waals surface area contributed by atoms with Gasteiger partial charge < -0.3 is 14.2 Å². The van der Waals surface area contributed by atoms with Crippen molar-refractivity contribution in [3.8, 4) is 0 Å². The van der Waals surface area contributed by atoms with Crippen LogP contribution in [0.1, 0.15) is 317 Å². The Morgan fingerprint density at radius 1 is 0.323 bits per heavy atom. The fourth-order valence-corrected chi connectivity index (χ4v) is 8.54. The Morgan fingerprint density at radius 2 is 0.565 bits per heavy atom. The zero-order chi connectivity index (χ0) is 45.2. The molecular formula is C56H108O6. The minimum absolute atomic E-state index is 0.0630. The highest BCUT2D eigenvalue weighted by atomic mass is 16.6. The van der Waals surface area contributed by atoms with Crippen molar-refractivity contribution in [3.05, 3.63) is 0 Å². The van der Waals surface area contributed by atoms with Crippen LogP contribution >= 0.6 is 0 Å². The normalized spacial score (nSPS) is 12.4. The van der Waals surface area contributed by atoms with Crippen molar-refractivity contribution in [1.82, 2.24) is 0 Å². The Hall–Kier alpha value is -1.59. The summed E-state index contributed by atoms with van der Waals surface area (Å²) < 4.78 is 16.8. The van der Waals surface area contributed by atoms with Crippen molar-refractivity contribution in [3.63, 3.8) is 0 Å². The van der Waals surface area contributed by atoms with E-state index < -0.39 is 6.10 Å². The van der Waals surface area contributed by atoms with Crippen LogP contribution in [0.25, 0.3) is 0 Å². The lowest BCUT2D eigenvalue weighted by Crippen LogP contribution is -2.30. The van der Waals surface area contributed by atoms with Crippen molar-refractivity contribution in [1.29, 1.82) is 0 Å². The molecule has 0 heterocycles. The summed E-state index contributed by atoms with van der Waals surface area (Å²) in [7, 11) is 0. The fourth-order valence-electron chi connectivity index (χ4n) is 8.54. The Balaban J connectivity index is 4.11. The van der Waals surface area contributed by atoms with Gasteiger partial charge in [-0.1, -0.05) is 278 Å². The molecule has 6 nitrogen and oxygen atoms in total. The molecule has 0 amide bonds. The number of esters is 3. The lowest BCUT2D eigenvalue weighted by atomic mass is 9.99. The van der Waals surface area contributed by atoms with Gasteiger partial charge in [0.05, 0.1) is 0 Å². The molecule has 0 aromatic rings. The number of hydrogen-bond donors (Lipinski definition) is 0. The van der Waals surface area contributed by atoms with Gasteiger partial charge in [-0.15, -0.1) is 0 Å². The number of unbranched alkanes of at least 4 members (excludes halogenated alkanes) is 37. The lowest BCUT2D eigenvalue weighted by molar-refractivity contribution is -0.167. The monoisotopic (exact) mass is 877 g/mol. The molecule has 0 aliphatic heterocycles. The first-order chi connectivity index (χ1) is 30.4. The zero-order valence-corrected chi connectivity index (χ0v) is 42.3. The molecule has 6 heteroatoms. The smallest absolute Gasteiger partial charge is 0.306 e. The van der Waals surface area contributed by atoms with Gasteiger partial charge in [0.1, 0.15) is 13.2 Å². The molecule has 2 atom stereocenters. The van der Waals surface area contributed by atoms with E-state index >= 15 is 0 Å². The average Bonchev–Trinajstić information content (AvgIpc) is 3.27. The van der Waals surface area contributed by atoms with E-state index in [1.54, 1.807) is 0 Å². The second kappa shape index (κ2) is 50.4. The summed E-state index contributed by atoms with van der Waals surface area (Å²) in [5.41, 5.74) is 0. The first kappa shape index (κ1) is 60.4. The Bertz CT molecular complexity index is 935. The summed E-state index contributed by atoms with van der Waals surface area (Å²) in [6, 6.07) is 0. The van der Waals surface area contributed by atoms with Crippen LogP contribution in [-0.4, -0.2) is 37.2 Å². The predicted octanol–water partition coefficient (Wildman–Crippen LogP) is 18.2. The summed E-state index contributed by atoms with van der Waals surface area (Å²) >= 11 is 0. The third-order valence-corrected chi connectivity index (χ3v) is 13.2. The summed E-state index contributed by atoms with van der Waals surface area (Å²) in [5.74, 6) is 0.0487. The average molecular weight is 877 g/mol. The molecule has 0 saturated carbocycles. The summed E-state index contributed by atoms with van der Waals surface area (Å²) in [4.78, 5) is 37.9. The number of rotatable bonds is 51. The summed E-state index contributed by atoms with van der Waals surface area (Å²) in [6.45, 7) is 9.05. The van der Waals surface area contributed by atoms with E-state index in [1.165, 1.54) is 212 Å². The summed E-state index contributed by atoms with van der Waals surface area (Å²) in [6.07, 6.45) is 53.9. The first-order valence-electron chi connectivity index (χ1n) is 27.9. The highest BCUT2D eigenvalue weighted by Gasteiger charge is 2.19. The number of carbonyl (C=O) groups is 3. The largest absolute Gasteiger partial charge is 0.462 e. The van der Waals surface area contributed by atoms with E-state index in [9.17, 15) is 14.4 Å². The third-order valence-electron chi connectivity index (χ3n) is 13.2. The minimum atomic E-state index is -0.760. The highest BCUT2D eigenvalue weighted by Crippen LogP contribution is 2.18. The quantitative estimate of drug-likeness (QED) is 0.0344. The van der Waals surface area contributed by atoms with Gasteiger partial charge in [-0.05, 0) is 25.2 Å². The van der Waals surface area contributed by atoms with Gasteiger partial charge in [0, 0.05) is 19.3 Å². The van der Waals surface area contributed by atoms with Crippen molar-refractivity contribution in [2.24, 2.45) is 5.92 Å². The van der Waals surface area contributed by atoms with Crippen molar-refractivity contribution < 1.29 is 28.6 Å². The maximum Gasteiger partial charge on any atom is 0.306 e. The van der Waals surface area contributed by atoms with Gasteiger partial charge in [-0.25, -0.2) is 0 Å². The van der Waals surface area contributed by atoms with Crippen LogP contribution in [0.15, 0.2) is 0 Å². The van der Waals surface area contributed by atoms with E-state index in [0.29, 0.717) is 19.3 Å². The van der Waals surface area contributed by atoms with E-state index in [-0.39, 0.29) is 31.1 Å². The van der Waals surface area contributed by atoms with Crippen LogP contribution < -0.4 is 0 Å². The lowest BCUT2D eigenvalue weighted by Gasteiger charge is -2.18. The van der Waals surface area contributed by atoms with Crippen molar-refractivity contribution in [2.45, 2.75) is 323 Å². The number of carbonyl (C=O) groups excluding carboxylic acids is 3. The SMILES string of the molecule is CCCCCCCCCCCCCCCCCCCCCC(=O)OC[C@H](COC(=O)CCCCCCCCCCCCCCCCC(C)CC)OC(=O)CCCCCCCCC. The van der Waals surface area contributed by atoms with Crippen molar-refractivity contribution in [2.75, 3.05) is 13.2 Å². The second-order valence-electron chi connectivity index (χ2n) is 19.5. The van der Waals surface area contributed by atoms with Crippen LogP contribution in [0.4, 0.5) is 0 Å². The fraction of sp³-hybridized carbons (Fsp3) is 0.946. The molecule has 0 aliphatic rings. The highest BCUT2D eigenvalue weighted by molar-refractivity contribution is 5.71. The molecule has 0 aromatic heterocycles. The molecule has 368 valence electrons. The van der Waals surface area contributed by atoms with Crippen LogP contribution in [0.3, 0.4) is 0 Å². The number of ether oxygens (including phenoxy) is 3. The van der Waals surface area contributed by atoms with Gasteiger partial charge in [-0.2, -0.15) is 0 Å². The first-order valence-corrected chi connectivity index (χ1v) is 27.9. The molecule has 0 bridgehead atoms. The van der Waals surface area contributed by atoms with Crippen LogP contribution in [0.2, 0.25) is 0 Å². The molecule has 62 heavy (non-hydrogen) atoms. The molecule has 0 spiro atoms. The third kappa shape index (κ3) is 47.9. The molecule has 0 rings (SSSR count). The Labute approximate surface area is 387 Å². The molecule has 1 unspecified atom stereocenters. The van der Waals surface area contributed by atoms with Crippen LogP contribution in [0.5, 0.6) is 0 Å². The van der Waals surface area contributed by atoms with Gasteiger partial charge in [0.2, 0.25) is 0 Å². The van der Waals surface area contributed by atoms with Gasteiger partial charge in [0.15, 0.2) is 6.10 Å². The molecule has 0 radical (unpaired) electrons. The Kier molecular flexibility index (Phi) is 49.1. The molecule has 0 saturated heterocycles. The zero-order valence-electron chi connectivity index (χ0n) is 42.3. The van der Waals surface area contributed by atoms with Gasteiger partial charge >= 0.3 is 17.9 Å². The molecule has 0 N–H and O–H groups in total. The maximum absolute atomic E-state index is 12.7. The molecule has 0 fully saturated rings. The molecule has 0 aliphatic carbocycles.